The molecule has 110 valence electrons. The second kappa shape index (κ2) is 9.46. The molecule has 0 aliphatic heterocycles. The van der Waals surface area contributed by atoms with Crippen LogP contribution in [-0.2, 0) is 16.0 Å². The lowest BCUT2D eigenvalue weighted by Crippen LogP contribution is -2.06. The number of carbonyl (C=O) groups excluding carboxylic acids is 2. The Balaban J connectivity index is 2.04. The highest BCUT2D eigenvalue weighted by Crippen LogP contribution is 2.10. The Morgan fingerprint density at radius 3 is 2.10 bits per heavy atom. The van der Waals surface area contributed by atoms with E-state index in [0.29, 0.717) is 30.8 Å². The van der Waals surface area contributed by atoms with Crippen molar-refractivity contribution in [2.45, 2.75) is 58.8 Å². The van der Waals surface area contributed by atoms with Gasteiger partial charge in [0.25, 0.3) is 0 Å². The van der Waals surface area contributed by atoms with Gasteiger partial charge in [0.15, 0.2) is 0 Å². The summed E-state index contributed by atoms with van der Waals surface area (Å²) in [6.07, 6.45) is 5.91. The third-order valence-corrected chi connectivity index (χ3v) is 3.52. The predicted octanol–water partition coefficient (Wildman–Crippen LogP) is 4.36. The SMILES string of the molecule is CC(C)C(=O)CCCCCCC(=O)Cc1ccccc1. The number of carbonyl (C=O) groups is 2. The first-order chi connectivity index (χ1) is 9.59. The predicted molar refractivity (Wildman–Crippen MR) is 82.7 cm³/mol. The van der Waals surface area contributed by atoms with E-state index in [2.05, 4.69) is 0 Å². The molecule has 1 aromatic rings. The van der Waals surface area contributed by atoms with E-state index in [9.17, 15) is 9.59 Å². The maximum absolute atomic E-state index is 11.8. The molecule has 0 fully saturated rings. The number of benzene rings is 1. The van der Waals surface area contributed by atoms with E-state index in [4.69, 9.17) is 0 Å². The van der Waals surface area contributed by atoms with Crippen molar-refractivity contribution in [1.29, 1.82) is 0 Å². The summed E-state index contributed by atoms with van der Waals surface area (Å²) in [5.74, 6) is 0.821. The Kier molecular flexibility index (Phi) is 7.86. The van der Waals surface area contributed by atoms with Crippen LogP contribution in [0.4, 0.5) is 0 Å². The fraction of sp³-hybridized carbons (Fsp3) is 0.556. The van der Waals surface area contributed by atoms with Gasteiger partial charge in [-0.15, -0.1) is 0 Å². The Labute approximate surface area is 122 Å². The molecule has 0 unspecified atom stereocenters. The quantitative estimate of drug-likeness (QED) is 0.594. The summed E-state index contributed by atoms with van der Waals surface area (Å²) in [4.78, 5) is 23.2. The molecule has 0 saturated heterocycles. The van der Waals surface area contributed by atoms with Gasteiger partial charge in [-0.05, 0) is 18.4 Å². The number of ketones is 2. The van der Waals surface area contributed by atoms with Crippen molar-refractivity contribution in [3.63, 3.8) is 0 Å². The van der Waals surface area contributed by atoms with Crippen molar-refractivity contribution in [2.75, 3.05) is 0 Å². The lowest BCUT2D eigenvalue weighted by atomic mass is 10.0. The number of hydrogen-bond acceptors (Lipinski definition) is 2. The first kappa shape index (κ1) is 16.6. The van der Waals surface area contributed by atoms with Crippen molar-refractivity contribution in [2.24, 2.45) is 5.92 Å². The fourth-order valence-electron chi connectivity index (χ4n) is 2.18. The molecule has 0 aliphatic rings. The zero-order valence-electron chi connectivity index (χ0n) is 12.7. The van der Waals surface area contributed by atoms with Crippen molar-refractivity contribution in [3.05, 3.63) is 35.9 Å². The molecule has 2 nitrogen and oxygen atoms in total. The molecule has 2 heteroatoms. The molecule has 0 saturated carbocycles. The minimum atomic E-state index is 0.155. The summed E-state index contributed by atoms with van der Waals surface area (Å²) >= 11 is 0. The van der Waals surface area contributed by atoms with Crippen LogP contribution >= 0.6 is 0 Å². The van der Waals surface area contributed by atoms with E-state index in [0.717, 1.165) is 31.2 Å². The third-order valence-electron chi connectivity index (χ3n) is 3.52. The molecule has 0 bridgehead atoms. The Morgan fingerprint density at radius 1 is 0.900 bits per heavy atom. The van der Waals surface area contributed by atoms with Crippen LogP contribution in [0.15, 0.2) is 30.3 Å². The monoisotopic (exact) mass is 274 g/mol. The molecule has 1 rings (SSSR count). The van der Waals surface area contributed by atoms with Crippen LogP contribution in [0.2, 0.25) is 0 Å². The zero-order valence-corrected chi connectivity index (χ0v) is 12.7. The largest absolute Gasteiger partial charge is 0.299 e. The van der Waals surface area contributed by atoms with E-state index >= 15 is 0 Å². The van der Waals surface area contributed by atoms with Crippen molar-refractivity contribution < 1.29 is 9.59 Å². The summed E-state index contributed by atoms with van der Waals surface area (Å²) in [7, 11) is 0. The Bertz CT molecular complexity index is 407. The first-order valence-corrected chi connectivity index (χ1v) is 7.68. The number of Topliss-reactive ketones (excluding diaryl/α,β-unsaturated/α-hetero) is 2. The average molecular weight is 274 g/mol. The van der Waals surface area contributed by atoms with Gasteiger partial charge in [-0.3, -0.25) is 9.59 Å². The fourth-order valence-corrected chi connectivity index (χ4v) is 2.18. The molecule has 0 atom stereocenters. The van der Waals surface area contributed by atoms with Gasteiger partial charge in [-0.2, -0.15) is 0 Å². The summed E-state index contributed by atoms with van der Waals surface area (Å²) in [5.41, 5.74) is 1.10. The molecule has 0 N–H and O–H groups in total. The van der Waals surface area contributed by atoms with Gasteiger partial charge < -0.3 is 0 Å². The van der Waals surface area contributed by atoms with Crippen LogP contribution in [0.1, 0.15) is 57.9 Å². The normalized spacial score (nSPS) is 10.8. The van der Waals surface area contributed by atoms with Gasteiger partial charge in [0.05, 0.1) is 0 Å². The second-order valence-corrected chi connectivity index (χ2v) is 5.74. The minimum absolute atomic E-state index is 0.155. The molecule has 20 heavy (non-hydrogen) atoms. The van der Waals surface area contributed by atoms with Gasteiger partial charge in [-0.25, -0.2) is 0 Å². The molecule has 0 amide bonds. The summed E-state index contributed by atoms with van der Waals surface area (Å²) in [6, 6.07) is 9.89. The zero-order chi connectivity index (χ0) is 14.8. The molecule has 0 spiro atoms. The molecular formula is C18H26O2. The average Bonchev–Trinajstić information content (AvgIpc) is 2.43. The van der Waals surface area contributed by atoms with Crippen molar-refractivity contribution in [1.82, 2.24) is 0 Å². The first-order valence-electron chi connectivity index (χ1n) is 7.68. The maximum Gasteiger partial charge on any atom is 0.137 e. The summed E-state index contributed by atoms with van der Waals surface area (Å²) in [6.45, 7) is 3.90. The van der Waals surface area contributed by atoms with E-state index in [-0.39, 0.29) is 5.92 Å². The third kappa shape index (κ3) is 7.22. The van der Waals surface area contributed by atoms with Crippen LogP contribution in [0, 0.1) is 5.92 Å². The lowest BCUT2D eigenvalue weighted by molar-refractivity contribution is -0.122. The van der Waals surface area contributed by atoms with E-state index < -0.39 is 0 Å². The van der Waals surface area contributed by atoms with Crippen LogP contribution in [0.25, 0.3) is 0 Å². The number of rotatable bonds is 10. The van der Waals surface area contributed by atoms with Crippen LogP contribution in [-0.4, -0.2) is 11.6 Å². The number of hydrogen-bond donors (Lipinski definition) is 0. The molecule has 1 aromatic carbocycles. The summed E-state index contributed by atoms with van der Waals surface area (Å²) < 4.78 is 0. The van der Waals surface area contributed by atoms with Crippen molar-refractivity contribution >= 4 is 11.6 Å². The van der Waals surface area contributed by atoms with Crippen molar-refractivity contribution in [3.8, 4) is 0 Å². The highest BCUT2D eigenvalue weighted by molar-refractivity contribution is 5.81. The smallest absolute Gasteiger partial charge is 0.137 e. The van der Waals surface area contributed by atoms with E-state index in [1.54, 1.807) is 0 Å². The Hall–Kier alpha value is -1.44. The topological polar surface area (TPSA) is 34.1 Å². The summed E-state index contributed by atoms with van der Waals surface area (Å²) in [5, 5.41) is 0. The van der Waals surface area contributed by atoms with Crippen LogP contribution in [0.3, 0.4) is 0 Å². The molecule has 0 heterocycles. The lowest BCUT2D eigenvalue weighted by Gasteiger charge is -2.04. The highest BCUT2D eigenvalue weighted by Gasteiger charge is 2.06. The highest BCUT2D eigenvalue weighted by atomic mass is 16.1. The standard InChI is InChI=1S/C18H26O2/c1-15(2)18(20)13-9-4-3-8-12-17(19)14-16-10-6-5-7-11-16/h5-7,10-11,15H,3-4,8-9,12-14H2,1-2H3. The van der Waals surface area contributed by atoms with Gasteiger partial charge in [-0.1, -0.05) is 57.0 Å². The van der Waals surface area contributed by atoms with Crippen LogP contribution < -0.4 is 0 Å². The molecule has 0 radical (unpaired) electrons. The minimum Gasteiger partial charge on any atom is -0.299 e. The van der Waals surface area contributed by atoms with Gasteiger partial charge >= 0.3 is 0 Å². The molecule has 0 aliphatic carbocycles. The van der Waals surface area contributed by atoms with E-state index in [1.165, 1.54) is 0 Å². The maximum atomic E-state index is 11.8. The van der Waals surface area contributed by atoms with Gasteiger partial charge in [0.1, 0.15) is 11.6 Å². The van der Waals surface area contributed by atoms with Gasteiger partial charge in [0.2, 0.25) is 0 Å². The Morgan fingerprint density at radius 2 is 1.50 bits per heavy atom. The molecule has 0 aromatic heterocycles. The number of unbranched alkanes of at least 4 members (excludes halogenated alkanes) is 3. The second-order valence-electron chi connectivity index (χ2n) is 5.74. The van der Waals surface area contributed by atoms with Gasteiger partial charge in [0, 0.05) is 25.2 Å². The molecular weight excluding hydrogens is 248 g/mol. The van der Waals surface area contributed by atoms with E-state index in [1.807, 2.05) is 44.2 Å². The van der Waals surface area contributed by atoms with Crippen LogP contribution in [0.5, 0.6) is 0 Å².